The van der Waals surface area contributed by atoms with Crippen molar-refractivity contribution >= 4 is 28.8 Å². The molecule has 2 aromatic carbocycles. The maximum atomic E-state index is 13.1. The third kappa shape index (κ3) is 2.80. The first kappa shape index (κ1) is 16.2. The molecular formula is C21H13ClN2O2. The summed E-state index contributed by atoms with van der Waals surface area (Å²) >= 11 is 5.87. The number of imidazole rings is 1. The van der Waals surface area contributed by atoms with E-state index in [1.54, 1.807) is 47.0 Å². The van der Waals surface area contributed by atoms with Gasteiger partial charge >= 0.3 is 0 Å². The number of halogens is 1. The van der Waals surface area contributed by atoms with Crippen LogP contribution in [-0.2, 0) is 0 Å². The van der Waals surface area contributed by atoms with Crippen LogP contribution in [0.5, 0.6) is 0 Å². The average Bonchev–Trinajstić information content (AvgIpc) is 3.08. The van der Waals surface area contributed by atoms with Gasteiger partial charge < -0.3 is 0 Å². The predicted molar refractivity (Wildman–Crippen MR) is 101 cm³/mol. The zero-order valence-corrected chi connectivity index (χ0v) is 14.4. The van der Waals surface area contributed by atoms with Crippen LogP contribution in [0.2, 0.25) is 5.02 Å². The van der Waals surface area contributed by atoms with Gasteiger partial charge in [-0.2, -0.15) is 0 Å². The summed E-state index contributed by atoms with van der Waals surface area (Å²) in [6, 6.07) is 21.1. The lowest BCUT2D eigenvalue weighted by molar-refractivity contribution is 0.0814. The summed E-state index contributed by atoms with van der Waals surface area (Å²) in [4.78, 5) is 30.4. The molecule has 0 unspecified atom stereocenters. The van der Waals surface area contributed by atoms with E-state index in [1.807, 2.05) is 36.4 Å². The van der Waals surface area contributed by atoms with Gasteiger partial charge in [0.2, 0.25) is 5.78 Å². The largest absolute Gasteiger partial charge is 0.296 e. The normalized spacial score (nSPS) is 10.8. The van der Waals surface area contributed by atoms with Crippen LogP contribution >= 0.6 is 11.6 Å². The standard InChI is InChI=1S/C21H13ClN2O2/c22-16-11-9-15(10-12-16)20(25)21(26)19-18(14-6-2-1-3-7-14)23-17-8-4-5-13-24(17)19/h1-13H. The van der Waals surface area contributed by atoms with Gasteiger partial charge in [-0.15, -0.1) is 0 Å². The summed E-state index contributed by atoms with van der Waals surface area (Å²) in [5.41, 5.74) is 2.43. The quantitative estimate of drug-likeness (QED) is 0.391. The molecule has 5 heteroatoms. The summed E-state index contributed by atoms with van der Waals surface area (Å²) in [5.74, 6) is -1.20. The number of fused-ring (bicyclic) bond motifs is 1. The van der Waals surface area contributed by atoms with Gasteiger partial charge in [0.25, 0.3) is 5.78 Å². The Hall–Kier alpha value is -3.24. The molecule has 0 atom stereocenters. The van der Waals surface area contributed by atoms with Gasteiger partial charge in [0.05, 0.1) is 0 Å². The summed E-state index contributed by atoms with van der Waals surface area (Å²) < 4.78 is 1.65. The first-order valence-electron chi connectivity index (χ1n) is 8.02. The fourth-order valence-corrected chi connectivity index (χ4v) is 2.98. The molecule has 0 N–H and O–H groups in total. The second-order valence-corrected chi connectivity index (χ2v) is 6.21. The van der Waals surface area contributed by atoms with Crippen LogP contribution in [0.1, 0.15) is 20.8 Å². The average molecular weight is 361 g/mol. The SMILES string of the molecule is O=C(C(=O)c1c(-c2ccccc2)nc2ccccn12)c1ccc(Cl)cc1. The van der Waals surface area contributed by atoms with E-state index in [2.05, 4.69) is 4.98 Å². The van der Waals surface area contributed by atoms with E-state index in [1.165, 1.54) is 0 Å². The minimum absolute atomic E-state index is 0.256. The molecule has 126 valence electrons. The van der Waals surface area contributed by atoms with Crippen molar-refractivity contribution in [3.63, 3.8) is 0 Å². The Balaban J connectivity index is 1.88. The summed E-state index contributed by atoms with van der Waals surface area (Å²) in [5, 5.41) is 0.508. The number of benzene rings is 2. The fraction of sp³-hybridized carbons (Fsp3) is 0. The summed E-state index contributed by atoms with van der Waals surface area (Å²) in [6.07, 6.45) is 1.73. The number of hydrogen-bond acceptors (Lipinski definition) is 3. The number of aromatic nitrogens is 2. The van der Waals surface area contributed by atoms with Crippen molar-refractivity contribution in [3.05, 3.63) is 95.3 Å². The fourth-order valence-electron chi connectivity index (χ4n) is 2.85. The number of Topliss-reactive ketones (excluding diaryl/α,β-unsaturated/α-hetero) is 2. The van der Waals surface area contributed by atoms with Gasteiger partial charge in [-0.25, -0.2) is 4.98 Å². The van der Waals surface area contributed by atoms with Crippen molar-refractivity contribution in [2.45, 2.75) is 0 Å². The van der Waals surface area contributed by atoms with Crippen molar-refractivity contribution in [1.82, 2.24) is 9.38 Å². The molecule has 0 aliphatic rings. The Kier molecular flexibility index (Phi) is 4.11. The zero-order valence-electron chi connectivity index (χ0n) is 13.6. The lowest BCUT2D eigenvalue weighted by Crippen LogP contribution is -2.17. The molecule has 0 saturated heterocycles. The Bertz CT molecular complexity index is 1120. The van der Waals surface area contributed by atoms with Gasteiger partial charge in [-0.05, 0) is 36.4 Å². The molecular weight excluding hydrogens is 348 g/mol. The smallest absolute Gasteiger partial charge is 0.252 e. The Labute approximate surface area is 154 Å². The molecule has 0 amide bonds. The Morgan fingerprint density at radius 2 is 1.50 bits per heavy atom. The van der Waals surface area contributed by atoms with Gasteiger partial charge in [0.15, 0.2) is 0 Å². The van der Waals surface area contributed by atoms with Gasteiger partial charge in [-0.3, -0.25) is 14.0 Å². The monoisotopic (exact) mass is 360 g/mol. The van der Waals surface area contributed by atoms with E-state index in [4.69, 9.17) is 11.6 Å². The lowest BCUT2D eigenvalue weighted by atomic mass is 10.0. The van der Waals surface area contributed by atoms with Crippen molar-refractivity contribution < 1.29 is 9.59 Å². The zero-order chi connectivity index (χ0) is 18.1. The number of carbonyl (C=O) groups excluding carboxylic acids is 2. The second-order valence-electron chi connectivity index (χ2n) is 5.77. The minimum atomic E-state index is -0.607. The first-order valence-corrected chi connectivity index (χ1v) is 8.40. The van der Waals surface area contributed by atoms with Crippen LogP contribution in [0, 0.1) is 0 Å². The van der Waals surface area contributed by atoms with E-state index >= 15 is 0 Å². The van der Waals surface area contributed by atoms with Crippen molar-refractivity contribution in [2.75, 3.05) is 0 Å². The molecule has 4 nitrogen and oxygen atoms in total. The van der Waals surface area contributed by atoms with E-state index < -0.39 is 11.6 Å². The number of rotatable bonds is 4. The molecule has 0 bridgehead atoms. The third-order valence-corrected chi connectivity index (χ3v) is 4.36. The second kappa shape index (κ2) is 6.58. The van der Waals surface area contributed by atoms with Crippen LogP contribution in [0.4, 0.5) is 0 Å². The molecule has 0 spiro atoms. The molecule has 4 rings (SSSR count). The summed E-state index contributed by atoms with van der Waals surface area (Å²) in [6.45, 7) is 0. The number of hydrogen-bond donors (Lipinski definition) is 0. The maximum absolute atomic E-state index is 13.1. The molecule has 0 aliphatic carbocycles. The molecule has 2 aromatic heterocycles. The van der Waals surface area contributed by atoms with Crippen LogP contribution in [0.15, 0.2) is 79.0 Å². The number of ketones is 2. The van der Waals surface area contributed by atoms with Gasteiger partial charge in [-0.1, -0.05) is 48.0 Å². The highest BCUT2D eigenvalue weighted by Crippen LogP contribution is 2.26. The highest BCUT2D eigenvalue weighted by atomic mass is 35.5. The van der Waals surface area contributed by atoms with Crippen molar-refractivity contribution in [2.24, 2.45) is 0 Å². The van der Waals surface area contributed by atoms with Crippen LogP contribution in [0.25, 0.3) is 16.9 Å². The number of carbonyl (C=O) groups is 2. The molecule has 2 heterocycles. The minimum Gasteiger partial charge on any atom is -0.296 e. The number of nitrogens with zero attached hydrogens (tertiary/aromatic N) is 2. The highest BCUT2D eigenvalue weighted by molar-refractivity contribution is 6.49. The topological polar surface area (TPSA) is 51.4 Å². The molecule has 0 radical (unpaired) electrons. The third-order valence-electron chi connectivity index (χ3n) is 4.10. The van der Waals surface area contributed by atoms with E-state index in [-0.39, 0.29) is 5.69 Å². The molecule has 0 aliphatic heterocycles. The summed E-state index contributed by atoms with van der Waals surface area (Å²) in [7, 11) is 0. The maximum Gasteiger partial charge on any atom is 0.252 e. The first-order chi connectivity index (χ1) is 12.6. The van der Waals surface area contributed by atoms with E-state index in [0.717, 1.165) is 5.56 Å². The Morgan fingerprint density at radius 1 is 0.808 bits per heavy atom. The van der Waals surface area contributed by atoms with Gasteiger partial charge in [0, 0.05) is 22.3 Å². The van der Waals surface area contributed by atoms with E-state index in [0.29, 0.717) is 21.9 Å². The van der Waals surface area contributed by atoms with Crippen LogP contribution in [0.3, 0.4) is 0 Å². The Morgan fingerprint density at radius 3 is 2.23 bits per heavy atom. The highest BCUT2D eigenvalue weighted by Gasteiger charge is 2.26. The van der Waals surface area contributed by atoms with Crippen molar-refractivity contribution in [1.29, 1.82) is 0 Å². The predicted octanol–water partition coefficient (Wildman–Crippen LogP) is 4.72. The molecule has 26 heavy (non-hydrogen) atoms. The van der Waals surface area contributed by atoms with Crippen LogP contribution < -0.4 is 0 Å². The molecule has 0 saturated carbocycles. The molecule has 4 aromatic rings. The van der Waals surface area contributed by atoms with Crippen molar-refractivity contribution in [3.8, 4) is 11.3 Å². The number of pyridine rings is 1. The molecule has 0 fully saturated rings. The lowest BCUT2D eigenvalue weighted by Gasteiger charge is -2.05. The van der Waals surface area contributed by atoms with Crippen LogP contribution in [-0.4, -0.2) is 21.0 Å². The van der Waals surface area contributed by atoms with Gasteiger partial charge in [0.1, 0.15) is 17.0 Å². The van der Waals surface area contributed by atoms with E-state index in [9.17, 15) is 9.59 Å².